The molecule has 3 aromatic heterocycles. The molecule has 1 aliphatic heterocycles. The van der Waals surface area contributed by atoms with Gasteiger partial charge in [-0.15, -0.1) is 0 Å². The normalized spacial score (nSPS) is 16.7. The molecule has 0 aromatic carbocycles. The molecule has 4 heterocycles. The van der Waals surface area contributed by atoms with Crippen molar-refractivity contribution in [3.8, 4) is 0 Å². The van der Waals surface area contributed by atoms with E-state index < -0.39 is 0 Å². The van der Waals surface area contributed by atoms with E-state index in [1.165, 1.54) is 19.3 Å². The molecule has 1 N–H and O–H groups in total. The third-order valence-electron chi connectivity index (χ3n) is 5.09. The number of hydrogen-bond donors (Lipinski definition) is 1. The van der Waals surface area contributed by atoms with Gasteiger partial charge in [-0.1, -0.05) is 12.5 Å². The molecule has 1 atom stereocenters. The zero-order chi connectivity index (χ0) is 17.9. The molecule has 0 aliphatic carbocycles. The van der Waals surface area contributed by atoms with Crippen molar-refractivity contribution in [2.45, 2.75) is 32.2 Å². The lowest BCUT2D eigenvalue weighted by Crippen LogP contribution is -2.40. The number of piperidine rings is 1. The van der Waals surface area contributed by atoms with Gasteiger partial charge < -0.3 is 14.1 Å². The summed E-state index contributed by atoms with van der Waals surface area (Å²) < 4.78 is 7.57. The Morgan fingerprint density at radius 1 is 1.23 bits per heavy atom. The maximum Gasteiger partial charge on any atom is 0.271 e. The molecule has 0 saturated carbocycles. The lowest BCUT2D eigenvalue weighted by Gasteiger charge is -2.33. The minimum atomic E-state index is -0.151. The van der Waals surface area contributed by atoms with Crippen molar-refractivity contribution >= 4 is 11.6 Å². The van der Waals surface area contributed by atoms with Crippen LogP contribution in [0.1, 0.15) is 47.2 Å². The molecule has 0 radical (unpaired) electrons. The maximum atomic E-state index is 12.6. The Balaban J connectivity index is 1.49. The third-order valence-corrected chi connectivity index (χ3v) is 5.09. The molecule has 26 heavy (non-hydrogen) atoms. The minimum Gasteiger partial charge on any atom is -0.468 e. The molecule has 6 heteroatoms. The highest BCUT2D eigenvalue weighted by Crippen LogP contribution is 2.24. The number of aromatic nitrogens is 2. The van der Waals surface area contributed by atoms with Gasteiger partial charge in [-0.05, 0) is 57.1 Å². The van der Waals surface area contributed by atoms with E-state index in [1.807, 2.05) is 41.7 Å². The van der Waals surface area contributed by atoms with Crippen LogP contribution in [0.2, 0.25) is 0 Å². The molecular weight excluding hydrogens is 328 g/mol. The highest BCUT2D eigenvalue weighted by atomic mass is 16.3. The summed E-state index contributed by atoms with van der Waals surface area (Å²) in [5.41, 5.74) is 2.28. The Bertz CT molecular complexity index is 878. The zero-order valence-electron chi connectivity index (χ0n) is 15.0. The van der Waals surface area contributed by atoms with E-state index >= 15 is 0 Å². The molecule has 136 valence electrons. The van der Waals surface area contributed by atoms with Crippen LogP contribution in [-0.2, 0) is 0 Å². The number of amides is 1. The number of nitrogens with one attached hydrogen (secondary N) is 1. The number of hydrogen-bond acceptors (Lipinski definition) is 4. The number of fused-ring (bicyclic) bond motifs is 1. The summed E-state index contributed by atoms with van der Waals surface area (Å²) in [5, 5.41) is 3.05. The number of nitrogens with zero attached hydrogens (tertiary/aromatic N) is 3. The number of rotatable bonds is 5. The molecule has 1 unspecified atom stereocenters. The monoisotopic (exact) mass is 352 g/mol. The molecule has 6 nitrogen and oxygen atoms in total. The second kappa shape index (κ2) is 7.33. The van der Waals surface area contributed by atoms with Crippen molar-refractivity contribution in [1.29, 1.82) is 0 Å². The van der Waals surface area contributed by atoms with E-state index in [1.54, 1.807) is 12.5 Å². The highest BCUT2D eigenvalue weighted by molar-refractivity contribution is 5.92. The zero-order valence-corrected chi connectivity index (χ0v) is 15.0. The van der Waals surface area contributed by atoms with Crippen LogP contribution in [0.5, 0.6) is 0 Å². The fourth-order valence-electron chi connectivity index (χ4n) is 3.66. The molecule has 1 aliphatic rings. The van der Waals surface area contributed by atoms with Crippen molar-refractivity contribution in [2.24, 2.45) is 0 Å². The van der Waals surface area contributed by atoms with E-state index in [9.17, 15) is 4.79 Å². The van der Waals surface area contributed by atoms with Gasteiger partial charge >= 0.3 is 0 Å². The summed E-state index contributed by atoms with van der Waals surface area (Å²) in [7, 11) is 0. The van der Waals surface area contributed by atoms with E-state index in [2.05, 4.69) is 15.2 Å². The van der Waals surface area contributed by atoms with Gasteiger partial charge in [-0.2, -0.15) is 0 Å². The molecule has 3 aromatic rings. The first-order chi connectivity index (χ1) is 12.7. The van der Waals surface area contributed by atoms with E-state index in [0.29, 0.717) is 12.2 Å². The van der Waals surface area contributed by atoms with Crippen molar-refractivity contribution < 1.29 is 9.21 Å². The molecule has 1 amide bonds. The van der Waals surface area contributed by atoms with Crippen molar-refractivity contribution in [3.63, 3.8) is 0 Å². The molecule has 0 spiro atoms. The lowest BCUT2D eigenvalue weighted by molar-refractivity contribution is 0.0910. The summed E-state index contributed by atoms with van der Waals surface area (Å²) >= 11 is 0. The van der Waals surface area contributed by atoms with Crippen LogP contribution < -0.4 is 5.32 Å². The number of pyridine rings is 1. The van der Waals surface area contributed by atoms with E-state index in [4.69, 9.17) is 4.42 Å². The lowest BCUT2D eigenvalue weighted by atomic mass is 10.1. The summed E-state index contributed by atoms with van der Waals surface area (Å²) in [5.74, 6) is 0.750. The molecule has 0 bridgehead atoms. The number of imidazole rings is 1. The van der Waals surface area contributed by atoms with Gasteiger partial charge in [-0.3, -0.25) is 9.69 Å². The van der Waals surface area contributed by atoms with Crippen molar-refractivity contribution in [1.82, 2.24) is 19.6 Å². The van der Waals surface area contributed by atoms with Crippen LogP contribution in [0, 0.1) is 6.92 Å². The number of carbonyl (C=O) groups excluding carboxylic acids is 1. The average Bonchev–Trinajstić information content (AvgIpc) is 3.33. The molecule has 1 saturated heterocycles. The Morgan fingerprint density at radius 2 is 2.08 bits per heavy atom. The van der Waals surface area contributed by atoms with Crippen LogP contribution in [0.15, 0.2) is 47.2 Å². The van der Waals surface area contributed by atoms with E-state index in [0.717, 1.165) is 30.2 Å². The van der Waals surface area contributed by atoms with E-state index in [-0.39, 0.29) is 11.9 Å². The van der Waals surface area contributed by atoms with Gasteiger partial charge in [0, 0.05) is 18.4 Å². The predicted octanol–water partition coefficient (Wildman–Crippen LogP) is 3.19. The second-order valence-corrected chi connectivity index (χ2v) is 6.86. The molecular formula is C20H24N4O2. The maximum absolute atomic E-state index is 12.6. The Labute approximate surface area is 152 Å². The van der Waals surface area contributed by atoms with Crippen LogP contribution in [0.25, 0.3) is 5.65 Å². The van der Waals surface area contributed by atoms with Crippen LogP contribution in [0.3, 0.4) is 0 Å². The number of aryl methyl sites for hydroxylation is 1. The average molecular weight is 352 g/mol. The summed E-state index contributed by atoms with van der Waals surface area (Å²) in [4.78, 5) is 19.5. The molecule has 1 fully saturated rings. The van der Waals surface area contributed by atoms with Gasteiger partial charge in [-0.25, -0.2) is 4.98 Å². The first kappa shape index (κ1) is 16.8. The van der Waals surface area contributed by atoms with Crippen molar-refractivity contribution in [3.05, 3.63) is 59.9 Å². The minimum absolute atomic E-state index is 0.0630. The topological polar surface area (TPSA) is 62.8 Å². The Kier molecular flexibility index (Phi) is 4.75. The third kappa shape index (κ3) is 3.37. The molecule has 4 rings (SSSR count). The SMILES string of the molecule is Cc1cccc2nc(C(=O)NCC(c3ccco3)N3CCCCC3)cn12. The van der Waals surface area contributed by atoms with Gasteiger partial charge in [0.25, 0.3) is 5.91 Å². The first-order valence-corrected chi connectivity index (χ1v) is 9.23. The number of carbonyl (C=O) groups is 1. The first-order valence-electron chi connectivity index (χ1n) is 9.23. The van der Waals surface area contributed by atoms with Gasteiger partial charge in [0.1, 0.15) is 17.1 Å². The fraction of sp³-hybridized carbons (Fsp3) is 0.400. The van der Waals surface area contributed by atoms with Crippen LogP contribution in [0.4, 0.5) is 0 Å². The summed E-state index contributed by atoms with van der Waals surface area (Å²) in [6.45, 7) is 4.59. The smallest absolute Gasteiger partial charge is 0.271 e. The summed E-state index contributed by atoms with van der Waals surface area (Å²) in [6, 6.07) is 9.80. The van der Waals surface area contributed by atoms with Crippen LogP contribution in [-0.4, -0.2) is 39.8 Å². The van der Waals surface area contributed by atoms with Crippen molar-refractivity contribution in [2.75, 3.05) is 19.6 Å². The standard InChI is InChI=1S/C20H24N4O2/c1-15-7-5-9-19-22-16(14-24(15)19)20(25)21-13-17(18-8-6-12-26-18)23-10-3-2-4-11-23/h5-9,12,14,17H,2-4,10-11,13H2,1H3,(H,21,25). The van der Waals surface area contributed by atoms with Gasteiger partial charge in [0.15, 0.2) is 0 Å². The fourth-order valence-corrected chi connectivity index (χ4v) is 3.66. The quantitative estimate of drug-likeness (QED) is 0.766. The Morgan fingerprint density at radius 3 is 2.81 bits per heavy atom. The second-order valence-electron chi connectivity index (χ2n) is 6.86. The Hall–Kier alpha value is -2.60. The number of likely N-dealkylation sites (tertiary alicyclic amines) is 1. The number of furan rings is 1. The largest absolute Gasteiger partial charge is 0.468 e. The predicted molar refractivity (Wildman–Crippen MR) is 99.1 cm³/mol. The van der Waals surface area contributed by atoms with Crippen LogP contribution >= 0.6 is 0 Å². The highest BCUT2D eigenvalue weighted by Gasteiger charge is 2.25. The van der Waals surface area contributed by atoms with Gasteiger partial charge in [0.2, 0.25) is 0 Å². The summed E-state index contributed by atoms with van der Waals surface area (Å²) in [6.07, 6.45) is 7.14. The van der Waals surface area contributed by atoms with Gasteiger partial charge in [0.05, 0.1) is 12.3 Å².